The molecule has 1 saturated heterocycles. The first-order valence-electron chi connectivity index (χ1n) is 7.50. The number of rotatable bonds is 3. The van der Waals surface area contributed by atoms with Crippen LogP contribution >= 0.6 is 0 Å². The van der Waals surface area contributed by atoms with Crippen molar-refractivity contribution in [2.75, 3.05) is 18.1 Å². The van der Waals surface area contributed by atoms with E-state index in [1.54, 1.807) is 6.07 Å². The molecule has 0 aliphatic carbocycles. The van der Waals surface area contributed by atoms with Crippen LogP contribution in [0, 0.1) is 0 Å². The van der Waals surface area contributed by atoms with Crippen LogP contribution in [-0.4, -0.2) is 43.4 Å². The molecule has 0 spiro atoms. The van der Waals surface area contributed by atoms with Crippen molar-refractivity contribution in [3.05, 3.63) is 29.3 Å². The van der Waals surface area contributed by atoms with Gasteiger partial charge in [0, 0.05) is 25.2 Å². The molecule has 0 radical (unpaired) electrons. The lowest BCUT2D eigenvalue weighted by Crippen LogP contribution is -2.37. The number of nitrogens with one attached hydrogen (secondary N) is 2. The Morgan fingerprint density at radius 2 is 2.09 bits per heavy atom. The molecule has 1 aromatic carbocycles. The van der Waals surface area contributed by atoms with E-state index in [9.17, 15) is 18.0 Å². The summed E-state index contributed by atoms with van der Waals surface area (Å²) in [5, 5.41) is 5.41. The summed E-state index contributed by atoms with van der Waals surface area (Å²) in [7, 11) is -3.23. The maximum atomic E-state index is 12.1. The minimum Gasteiger partial charge on any atom is -0.344 e. The second-order valence-electron chi connectivity index (χ2n) is 5.98. The molecule has 1 fully saturated rings. The van der Waals surface area contributed by atoms with Crippen molar-refractivity contribution in [2.24, 2.45) is 0 Å². The lowest BCUT2D eigenvalue weighted by atomic mass is 10.0. The summed E-state index contributed by atoms with van der Waals surface area (Å²) in [5.41, 5.74) is 2.61. The van der Waals surface area contributed by atoms with E-state index in [1.807, 2.05) is 12.1 Å². The van der Waals surface area contributed by atoms with Gasteiger partial charge in [0.05, 0.1) is 6.26 Å². The van der Waals surface area contributed by atoms with Gasteiger partial charge < -0.3 is 10.6 Å². The molecule has 0 saturated carbocycles. The third-order valence-electron chi connectivity index (χ3n) is 4.23. The second-order valence-corrected chi connectivity index (χ2v) is 7.96. The lowest BCUT2D eigenvalue weighted by Gasteiger charge is -2.27. The Labute approximate surface area is 135 Å². The van der Waals surface area contributed by atoms with E-state index in [1.165, 1.54) is 10.6 Å². The summed E-state index contributed by atoms with van der Waals surface area (Å²) >= 11 is 0. The number of amides is 2. The van der Waals surface area contributed by atoms with Crippen molar-refractivity contribution in [3.63, 3.8) is 0 Å². The topological polar surface area (TPSA) is 95.6 Å². The molecule has 2 heterocycles. The number of fused-ring (bicyclic) bond motifs is 1. The Morgan fingerprint density at radius 1 is 1.30 bits per heavy atom. The van der Waals surface area contributed by atoms with Crippen molar-refractivity contribution in [2.45, 2.75) is 31.8 Å². The van der Waals surface area contributed by atoms with Gasteiger partial charge in [-0.3, -0.25) is 9.59 Å². The van der Waals surface area contributed by atoms with Gasteiger partial charge in [0.15, 0.2) is 0 Å². The van der Waals surface area contributed by atoms with Crippen LogP contribution in [0.2, 0.25) is 0 Å². The first-order valence-corrected chi connectivity index (χ1v) is 9.35. The standard InChI is InChI=1S/C15H19N3O4S/c1-23(21,22)18-7-6-10-2-3-12(8-11(10)9-18)16-15(20)13-4-5-14(19)17-13/h2-3,8,13H,4-7,9H2,1H3,(H,16,20)(H,17,19). The average Bonchev–Trinajstić information content (AvgIpc) is 2.92. The van der Waals surface area contributed by atoms with Gasteiger partial charge in [-0.2, -0.15) is 4.31 Å². The Balaban J connectivity index is 1.73. The predicted molar refractivity (Wildman–Crippen MR) is 85.2 cm³/mol. The molecule has 3 rings (SSSR count). The number of sulfonamides is 1. The normalized spacial score (nSPS) is 21.6. The molecule has 124 valence electrons. The van der Waals surface area contributed by atoms with Gasteiger partial charge in [0.25, 0.3) is 0 Å². The molecule has 23 heavy (non-hydrogen) atoms. The molecule has 0 aromatic heterocycles. The van der Waals surface area contributed by atoms with E-state index in [0.717, 1.165) is 11.1 Å². The summed E-state index contributed by atoms with van der Waals surface area (Å²) in [6.45, 7) is 0.795. The minimum absolute atomic E-state index is 0.112. The fourth-order valence-electron chi connectivity index (χ4n) is 2.93. The molecule has 2 aliphatic rings. The highest BCUT2D eigenvalue weighted by molar-refractivity contribution is 7.88. The van der Waals surface area contributed by atoms with E-state index in [4.69, 9.17) is 0 Å². The molecule has 2 amide bonds. The van der Waals surface area contributed by atoms with Gasteiger partial charge in [0.2, 0.25) is 21.8 Å². The van der Waals surface area contributed by atoms with Crippen molar-refractivity contribution >= 4 is 27.5 Å². The van der Waals surface area contributed by atoms with E-state index in [-0.39, 0.29) is 11.8 Å². The van der Waals surface area contributed by atoms with Gasteiger partial charge in [-0.25, -0.2) is 8.42 Å². The second kappa shape index (κ2) is 5.93. The van der Waals surface area contributed by atoms with E-state index in [0.29, 0.717) is 38.0 Å². The zero-order valence-corrected chi connectivity index (χ0v) is 13.6. The SMILES string of the molecule is CS(=O)(=O)N1CCc2ccc(NC(=O)C3CCC(=O)N3)cc2C1. The highest BCUT2D eigenvalue weighted by Crippen LogP contribution is 2.24. The van der Waals surface area contributed by atoms with Crippen molar-refractivity contribution in [1.29, 1.82) is 0 Å². The van der Waals surface area contributed by atoms with Crippen molar-refractivity contribution < 1.29 is 18.0 Å². The smallest absolute Gasteiger partial charge is 0.246 e. The summed E-state index contributed by atoms with van der Waals surface area (Å²) < 4.78 is 24.8. The molecular weight excluding hydrogens is 318 g/mol. The molecule has 8 heteroatoms. The summed E-state index contributed by atoms with van der Waals surface area (Å²) in [5.74, 6) is -0.356. The van der Waals surface area contributed by atoms with Crippen LogP contribution in [0.15, 0.2) is 18.2 Å². The number of benzene rings is 1. The third-order valence-corrected chi connectivity index (χ3v) is 5.48. The largest absolute Gasteiger partial charge is 0.344 e. The van der Waals surface area contributed by atoms with Crippen LogP contribution in [0.5, 0.6) is 0 Å². The van der Waals surface area contributed by atoms with Gasteiger partial charge in [-0.05, 0) is 36.1 Å². The van der Waals surface area contributed by atoms with Gasteiger partial charge >= 0.3 is 0 Å². The minimum atomic E-state index is -3.23. The molecule has 1 aromatic rings. The Kier molecular flexibility index (Phi) is 4.11. The fraction of sp³-hybridized carbons (Fsp3) is 0.467. The number of anilines is 1. The summed E-state index contributed by atoms with van der Waals surface area (Å²) in [6.07, 6.45) is 2.73. The molecule has 1 unspecified atom stereocenters. The van der Waals surface area contributed by atoms with Crippen molar-refractivity contribution in [1.82, 2.24) is 9.62 Å². The van der Waals surface area contributed by atoms with E-state index in [2.05, 4.69) is 10.6 Å². The number of hydrogen-bond donors (Lipinski definition) is 2. The summed E-state index contributed by atoms with van der Waals surface area (Å²) in [6, 6.07) is 5.04. The van der Waals surface area contributed by atoms with Crippen LogP contribution in [-0.2, 0) is 32.6 Å². The van der Waals surface area contributed by atoms with Gasteiger partial charge in [-0.1, -0.05) is 6.07 Å². The highest BCUT2D eigenvalue weighted by Gasteiger charge is 2.28. The van der Waals surface area contributed by atoms with Gasteiger partial charge in [0.1, 0.15) is 6.04 Å². The van der Waals surface area contributed by atoms with Crippen LogP contribution in [0.25, 0.3) is 0 Å². The zero-order valence-electron chi connectivity index (χ0n) is 12.8. The maximum absolute atomic E-state index is 12.1. The lowest BCUT2D eigenvalue weighted by molar-refractivity contribution is -0.122. The zero-order chi connectivity index (χ0) is 16.6. The van der Waals surface area contributed by atoms with E-state index < -0.39 is 16.1 Å². The van der Waals surface area contributed by atoms with Crippen LogP contribution in [0.1, 0.15) is 24.0 Å². The highest BCUT2D eigenvalue weighted by atomic mass is 32.2. The monoisotopic (exact) mass is 337 g/mol. The number of hydrogen-bond acceptors (Lipinski definition) is 4. The van der Waals surface area contributed by atoms with Gasteiger partial charge in [-0.15, -0.1) is 0 Å². The Bertz CT molecular complexity index is 760. The number of carbonyl (C=O) groups is 2. The Morgan fingerprint density at radius 3 is 2.74 bits per heavy atom. The third kappa shape index (κ3) is 3.53. The maximum Gasteiger partial charge on any atom is 0.246 e. The summed E-state index contributed by atoms with van der Waals surface area (Å²) in [4.78, 5) is 23.3. The molecule has 2 N–H and O–H groups in total. The van der Waals surface area contributed by atoms with Crippen LogP contribution in [0.3, 0.4) is 0 Å². The molecular formula is C15H19N3O4S. The first-order chi connectivity index (χ1) is 10.8. The van der Waals surface area contributed by atoms with E-state index >= 15 is 0 Å². The average molecular weight is 337 g/mol. The molecule has 0 bridgehead atoms. The Hall–Kier alpha value is -1.93. The molecule has 7 nitrogen and oxygen atoms in total. The molecule has 1 atom stereocenters. The number of nitrogens with zero attached hydrogens (tertiary/aromatic N) is 1. The number of carbonyl (C=O) groups excluding carboxylic acids is 2. The predicted octanol–water partition coefficient (Wildman–Crippen LogP) is 0.221. The first kappa shape index (κ1) is 15.9. The van der Waals surface area contributed by atoms with Crippen LogP contribution < -0.4 is 10.6 Å². The molecule has 2 aliphatic heterocycles. The van der Waals surface area contributed by atoms with Crippen molar-refractivity contribution in [3.8, 4) is 0 Å². The van der Waals surface area contributed by atoms with Crippen LogP contribution in [0.4, 0.5) is 5.69 Å². The fourth-order valence-corrected chi connectivity index (χ4v) is 3.73. The quantitative estimate of drug-likeness (QED) is 0.825.